The van der Waals surface area contributed by atoms with Crippen LogP contribution in [-0.2, 0) is 13.1 Å². The molecule has 0 radical (unpaired) electrons. The van der Waals surface area contributed by atoms with E-state index in [0.29, 0.717) is 19.6 Å². The summed E-state index contributed by atoms with van der Waals surface area (Å²) in [6.07, 6.45) is 3.57. The number of imidazole rings is 1. The van der Waals surface area contributed by atoms with E-state index in [1.807, 2.05) is 10.8 Å². The van der Waals surface area contributed by atoms with Crippen molar-refractivity contribution in [1.29, 1.82) is 0 Å². The first kappa shape index (κ1) is 11.0. The van der Waals surface area contributed by atoms with Crippen LogP contribution in [0.3, 0.4) is 0 Å². The summed E-state index contributed by atoms with van der Waals surface area (Å²) < 4.78 is 29.1. The Bertz CT molecular complexity index is 594. The SMILES string of the molecule is Nc1ccc(F)c(F)c1N1CCn2ccnc2C1. The lowest BCUT2D eigenvalue weighted by Crippen LogP contribution is -2.34. The normalized spacial score (nSPS) is 14.7. The number of nitrogens with two attached hydrogens (primary N) is 1. The smallest absolute Gasteiger partial charge is 0.184 e. The zero-order valence-electron chi connectivity index (χ0n) is 9.61. The molecule has 1 aliphatic heterocycles. The van der Waals surface area contributed by atoms with Crippen LogP contribution in [0.25, 0.3) is 0 Å². The molecule has 0 bridgehead atoms. The van der Waals surface area contributed by atoms with Crippen LogP contribution in [0.4, 0.5) is 20.2 Å². The summed E-state index contributed by atoms with van der Waals surface area (Å²) in [5.74, 6) is -0.951. The Labute approximate surface area is 103 Å². The van der Waals surface area contributed by atoms with Crippen LogP contribution in [0.1, 0.15) is 5.82 Å². The van der Waals surface area contributed by atoms with Crippen molar-refractivity contribution < 1.29 is 8.78 Å². The number of rotatable bonds is 1. The van der Waals surface area contributed by atoms with Crippen LogP contribution < -0.4 is 10.6 Å². The standard InChI is InChI=1S/C12H12F2N4/c13-8-1-2-9(15)12(11(8)14)18-6-5-17-4-3-16-10(17)7-18/h1-4H,5-7,15H2. The van der Waals surface area contributed by atoms with E-state index in [1.165, 1.54) is 6.07 Å². The van der Waals surface area contributed by atoms with Gasteiger partial charge >= 0.3 is 0 Å². The zero-order chi connectivity index (χ0) is 12.7. The third-order valence-electron chi connectivity index (χ3n) is 3.16. The lowest BCUT2D eigenvalue weighted by molar-refractivity contribution is 0.495. The summed E-state index contributed by atoms with van der Waals surface area (Å²) in [4.78, 5) is 5.90. The molecular formula is C12H12F2N4. The van der Waals surface area contributed by atoms with Gasteiger partial charge in [-0.3, -0.25) is 0 Å². The Kier molecular flexibility index (Phi) is 2.43. The summed E-state index contributed by atoms with van der Waals surface area (Å²) >= 11 is 0. The lowest BCUT2D eigenvalue weighted by Gasteiger charge is -2.30. The van der Waals surface area contributed by atoms with Crippen molar-refractivity contribution >= 4 is 11.4 Å². The third kappa shape index (κ3) is 1.61. The van der Waals surface area contributed by atoms with Crippen molar-refractivity contribution in [1.82, 2.24) is 9.55 Å². The average Bonchev–Trinajstić information content (AvgIpc) is 2.82. The maximum atomic E-state index is 13.8. The topological polar surface area (TPSA) is 47.1 Å². The van der Waals surface area contributed by atoms with Gasteiger partial charge in [0.15, 0.2) is 11.6 Å². The van der Waals surface area contributed by atoms with E-state index >= 15 is 0 Å². The largest absolute Gasteiger partial charge is 0.397 e. The predicted molar refractivity (Wildman–Crippen MR) is 64.0 cm³/mol. The molecule has 0 aliphatic carbocycles. The third-order valence-corrected chi connectivity index (χ3v) is 3.16. The summed E-state index contributed by atoms with van der Waals surface area (Å²) in [7, 11) is 0. The van der Waals surface area contributed by atoms with Crippen molar-refractivity contribution in [3.05, 3.63) is 42.0 Å². The Morgan fingerprint density at radius 2 is 2.06 bits per heavy atom. The van der Waals surface area contributed by atoms with Crippen LogP contribution in [-0.4, -0.2) is 16.1 Å². The van der Waals surface area contributed by atoms with Crippen molar-refractivity contribution in [3.8, 4) is 0 Å². The van der Waals surface area contributed by atoms with Crippen molar-refractivity contribution in [2.75, 3.05) is 17.2 Å². The molecule has 18 heavy (non-hydrogen) atoms. The molecule has 6 heteroatoms. The number of hydrogen-bond donors (Lipinski definition) is 1. The Hall–Kier alpha value is -2.11. The maximum Gasteiger partial charge on any atom is 0.184 e. The minimum Gasteiger partial charge on any atom is -0.397 e. The van der Waals surface area contributed by atoms with E-state index in [2.05, 4.69) is 4.98 Å². The number of nitrogens with zero attached hydrogens (tertiary/aromatic N) is 3. The van der Waals surface area contributed by atoms with Gasteiger partial charge < -0.3 is 15.2 Å². The molecule has 1 aromatic heterocycles. The molecule has 3 rings (SSSR count). The van der Waals surface area contributed by atoms with Gasteiger partial charge in [-0.2, -0.15) is 0 Å². The van der Waals surface area contributed by atoms with E-state index in [4.69, 9.17) is 5.73 Å². The maximum absolute atomic E-state index is 13.8. The fourth-order valence-corrected chi connectivity index (χ4v) is 2.24. The number of halogens is 2. The van der Waals surface area contributed by atoms with E-state index in [1.54, 1.807) is 11.1 Å². The molecular weight excluding hydrogens is 238 g/mol. The van der Waals surface area contributed by atoms with Crippen LogP contribution >= 0.6 is 0 Å². The van der Waals surface area contributed by atoms with E-state index in [9.17, 15) is 8.78 Å². The van der Waals surface area contributed by atoms with Gasteiger partial charge in [-0.15, -0.1) is 0 Å². The molecule has 94 valence electrons. The van der Waals surface area contributed by atoms with Crippen LogP contribution in [0, 0.1) is 11.6 Å². The highest BCUT2D eigenvalue weighted by molar-refractivity contribution is 5.68. The molecule has 0 fully saturated rings. The minimum absolute atomic E-state index is 0.129. The number of nitrogen functional groups attached to an aromatic ring is 1. The number of fused-ring (bicyclic) bond motifs is 1. The molecule has 0 unspecified atom stereocenters. The Balaban J connectivity index is 2.00. The predicted octanol–water partition coefficient (Wildman–Crippen LogP) is 1.76. The molecule has 0 atom stereocenters. The molecule has 2 heterocycles. The van der Waals surface area contributed by atoms with Crippen LogP contribution in [0.15, 0.2) is 24.5 Å². The highest BCUT2D eigenvalue weighted by Gasteiger charge is 2.23. The summed E-state index contributed by atoms with van der Waals surface area (Å²) in [6, 6.07) is 2.42. The fourth-order valence-electron chi connectivity index (χ4n) is 2.24. The molecule has 0 saturated heterocycles. The van der Waals surface area contributed by atoms with Gasteiger partial charge in [0.2, 0.25) is 0 Å². The minimum atomic E-state index is -0.894. The van der Waals surface area contributed by atoms with Gasteiger partial charge in [0.25, 0.3) is 0 Å². The second-order valence-corrected chi connectivity index (χ2v) is 4.26. The quantitative estimate of drug-likeness (QED) is 0.784. The molecule has 2 N–H and O–H groups in total. The molecule has 0 spiro atoms. The monoisotopic (exact) mass is 250 g/mol. The van der Waals surface area contributed by atoms with E-state index < -0.39 is 11.6 Å². The highest BCUT2D eigenvalue weighted by Crippen LogP contribution is 2.30. The molecule has 1 aromatic carbocycles. The Morgan fingerprint density at radius 3 is 2.89 bits per heavy atom. The van der Waals surface area contributed by atoms with Gasteiger partial charge in [0.05, 0.1) is 17.9 Å². The molecule has 4 nitrogen and oxygen atoms in total. The number of anilines is 2. The molecule has 2 aromatic rings. The van der Waals surface area contributed by atoms with Crippen LogP contribution in [0.5, 0.6) is 0 Å². The second-order valence-electron chi connectivity index (χ2n) is 4.26. The molecule has 0 saturated carbocycles. The summed E-state index contributed by atoms with van der Waals surface area (Å²) in [5, 5.41) is 0. The molecule has 0 amide bonds. The van der Waals surface area contributed by atoms with Gasteiger partial charge in [-0.05, 0) is 12.1 Å². The average molecular weight is 250 g/mol. The van der Waals surface area contributed by atoms with Gasteiger partial charge in [-0.1, -0.05) is 0 Å². The lowest BCUT2D eigenvalue weighted by atomic mass is 10.2. The van der Waals surface area contributed by atoms with Crippen molar-refractivity contribution in [3.63, 3.8) is 0 Å². The zero-order valence-corrected chi connectivity index (χ0v) is 9.61. The summed E-state index contributed by atoms with van der Waals surface area (Å²) in [5.41, 5.74) is 6.11. The fraction of sp³-hybridized carbons (Fsp3) is 0.250. The van der Waals surface area contributed by atoms with Gasteiger partial charge in [0, 0.05) is 25.5 Å². The first-order valence-electron chi connectivity index (χ1n) is 5.65. The van der Waals surface area contributed by atoms with Crippen molar-refractivity contribution in [2.24, 2.45) is 0 Å². The van der Waals surface area contributed by atoms with E-state index in [-0.39, 0.29) is 11.4 Å². The summed E-state index contributed by atoms with van der Waals surface area (Å²) in [6.45, 7) is 1.69. The number of aromatic nitrogens is 2. The molecule has 1 aliphatic rings. The van der Waals surface area contributed by atoms with Crippen molar-refractivity contribution in [2.45, 2.75) is 13.1 Å². The van der Waals surface area contributed by atoms with Gasteiger partial charge in [-0.25, -0.2) is 13.8 Å². The highest BCUT2D eigenvalue weighted by atomic mass is 19.2. The second kappa shape index (κ2) is 3.97. The van der Waals surface area contributed by atoms with Gasteiger partial charge in [0.1, 0.15) is 5.82 Å². The number of hydrogen-bond acceptors (Lipinski definition) is 3. The first-order valence-corrected chi connectivity index (χ1v) is 5.65. The number of benzene rings is 1. The first-order chi connectivity index (χ1) is 8.66. The van der Waals surface area contributed by atoms with Crippen LogP contribution in [0.2, 0.25) is 0 Å². The van der Waals surface area contributed by atoms with E-state index in [0.717, 1.165) is 11.9 Å². The Morgan fingerprint density at radius 1 is 1.22 bits per heavy atom.